The van der Waals surface area contributed by atoms with Crippen LogP contribution in [-0.2, 0) is 0 Å². The zero-order chi connectivity index (χ0) is 14.4. The minimum Gasteiger partial charge on any atom is -0.507 e. The number of phenolic OH excluding ortho intramolecular Hbond substituents is 1. The van der Waals surface area contributed by atoms with Crippen molar-refractivity contribution in [3.05, 3.63) is 54.1 Å². The number of rotatable bonds is 6. The number of phenols is 1. The van der Waals surface area contributed by atoms with Crippen molar-refractivity contribution in [3.8, 4) is 16.9 Å². The van der Waals surface area contributed by atoms with E-state index in [0.29, 0.717) is 17.9 Å². The van der Waals surface area contributed by atoms with Crippen molar-refractivity contribution >= 4 is 17.4 Å². The molecule has 0 unspecified atom stereocenters. The molecule has 0 aliphatic rings. The molecule has 0 aromatic heterocycles. The van der Waals surface area contributed by atoms with E-state index >= 15 is 0 Å². The van der Waals surface area contributed by atoms with E-state index in [-0.39, 0.29) is 11.5 Å². The smallest absolute Gasteiger partial charge is 0.166 e. The van der Waals surface area contributed by atoms with Crippen molar-refractivity contribution in [1.29, 1.82) is 0 Å². The molecule has 0 saturated carbocycles. The van der Waals surface area contributed by atoms with Gasteiger partial charge in [0, 0.05) is 12.3 Å². The van der Waals surface area contributed by atoms with E-state index in [1.165, 1.54) is 0 Å². The van der Waals surface area contributed by atoms with Gasteiger partial charge in [-0.3, -0.25) is 4.79 Å². The van der Waals surface area contributed by atoms with E-state index < -0.39 is 0 Å². The fraction of sp³-hybridized carbons (Fsp3) is 0.235. The number of alkyl halides is 1. The van der Waals surface area contributed by atoms with Crippen molar-refractivity contribution in [2.24, 2.45) is 0 Å². The lowest BCUT2D eigenvalue weighted by Crippen LogP contribution is -2.00. The normalized spacial score (nSPS) is 10.4. The molecule has 2 aromatic rings. The van der Waals surface area contributed by atoms with Crippen LogP contribution >= 0.6 is 11.6 Å². The molecular formula is C17H17ClO2. The molecule has 0 amide bonds. The van der Waals surface area contributed by atoms with Crippen LogP contribution < -0.4 is 0 Å². The molecule has 0 atom stereocenters. The van der Waals surface area contributed by atoms with E-state index in [2.05, 4.69) is 0 Å². The summed E-state index contributed by atoms with van der Waals surface area (Å²) in [4.78, 5) is 12.1. The van der Waals surface area contributed by atoms with Gasteiger partial charge in [0.2, 0.25) is 0 Å². The number of hydrogen-bond donors (Lipinski definition) is 1. The molecule has 1 N–H and O–H groups in total. The molecule has 2 aromatic carbocycles. The van der Waals surface area contributed by atoms with E-state index in [4.69, 9.17) is 11.6 Å². The summed E-state index contributed by atoms with van der Waals surface area (Å²) in [5, 5.41) is 9.86. The first-order chi connectivity index (χ1) is 9.72. The lowest BCUT2D eigenvalue weighted by Gasteiger charge is -2.07. The number of aromatic hydroxyl groups is 1. The minimum atomic E-state index is -0.0367. The summed E-state index contributed by atoms with van der Waals surface area (Å²) < 4.78 is 0. The summed E-state index contributed by atoms with van der Waals surface area (Å²) in [5.41, 5.74) is 2.35. The van der Waals surface area contributed by atoms with Gasteiger partial charge >= 0.3 is 0 Å². The van der Waals surface area contributed by atoms with Gasteiger partial charge in [0.05, 0.1) is 5.56 Å². The zero-order valence-corrected chi connectivity index (χ0v) is 11.9. The molecule has 0 aliphatic carbocycles. The number of benzene rings is 2. The molecule has 0 fully saturated rings. The Morgan fingerprint density at radius 3 is 2.45 bits per heavy atom. The predicted molar refractivity (Wildman–Crippen MR) is 82.4 cm³/mol. The molecule has 0 radical (unpaired) electrons. The van der Waals surface area contributed by atoms with Crippen LogP contribution in [0.4, 0.5) is 0 Å². The standard InChI is InChI=1S/C17H17ClO2/c18-11-5-4-8-16(19)15-12-14(9-10-17(15)20)13-6-2-1-3-7-13/h1-3,6-7,9-10,12,20H,4-5,8,11H2. The molecular weight excluding hydrogens is 272 g/mol. The van der Waals surface area contributed by atoms with Crippen molar-refractivity contribution in [1.82, 2.24) is 0 Å². The van der Waals surface area contributed by atoms with Crippen LogP contribution in [0.15, 0.2) is 48.5 Å². The third-order valence-electron chi connectivity index (χ3n) is 3.19. The molecule has 104 valence electrons. The number of halogens is 1. The van der Waals surface area contributed by atoms with Crippen molar-refractivity contribution in [3.63, 3.8) is 0 Å². The number of hydrogen-bond acceptors (Lipinski definition) is 2. The molecule has 0 aliphatic heterocycles. The predicted octanol–water partition coefficient (Wildman–Crippen LogP) is 4.65. The van der Waals surface area contributed by atoms with Crippen LogP contribution in [0.3, 0.4) is 0 Å². The summed E-state index contributed by atoms with van der Waals surface area (Å²) in [6.07, 6.45) is 1.97. The number of carbonyl (C=O) groups excluding carboxylic acids is 1. The number of unbranched alkanes of at least 4 members (excludes halogenated alkanes) is 1. The maximum absolute atomic E-state index is 12.1. The van der Waals surface area contributed by atoms with Crippen LogP contribution in [0.1, 0.15) is 29.6 Å². The Bertz CT molecular complexity index is 579. The van der Waals surface area contributed by atoms with Gasteiger partial charge in [-0.05, 0) is 36.1 Å². The Kier molecular flexibility index (Phi) is 5.19. The lowest BCUT2D eigenvalue weighted by molar-refractivity contribution is 0.0977. The third kappa shape index (κ3) is 3.61. The van der Waals surface area contributed by atoms with Gasteiger partial charge < -0.3 is 5.11 Å². The highest BCUT2D eigenvalue weighted by atomic mass is 35.5. The van der Waals surface area contributed by atoms with E-state index in [1.54, 1.807) is 12.1 Å². The molecule has 0 heterocycles. The lowest BCUT2D eigenvalue weighted by atomic mass is 9.98. The summed E-state index contributed by atoms with van der Waals surface area (Å²) in [6, 6.07) is 15.0. The summed E-state index contributed by atoms with van der Waals surface area (Å²) in [7, 11) is 0. The Hall–Kier alpha value is -1.80. The second kappa shape index (κ2) is 7.11. The van der Waals surface area contributed by atoms with Gasteiger partial charge in [0.1, 0.15) is 5.75 Å². The van der Waals surface area contributed by atoms with Gasteiger partial charge in [-0.1, -0.05) is 36.4 Å². The van der Waals surface area contributed by atoms with Gasteiger partial charge in [0.15, 0.2) is 5.78 Å². The largest absolute Gasteiger partial charge is 0.507 e. The average molecular weight is 289 g/mol. The molecule has 20 heavy (non-hydrogen) atoms. The fourth-order valence-electron chi connectivity index (χ4n) is 2.08. The molecule has 0 saturated heterocycles. The minimum absolute atomic E-state index is 0.0367. The number of Topliss-reactive ketones (excluding diaryl/α,β-unsaturated/α-hetero) is 1. The van der Waals surface area contributed by atoms with E-state index in [0.717, 1.165) is 24.0 Å². The van der Waals surface area contributed by atoms with Crippen molar-refractivity contribution in [2.75, 3.05) is 5.88 Å². The van der Waals surface area contributed by atoms with Gasteiger partial charge in [-0.25, -0.2) is 0 Å². The summed E-state index contributed by atoms with van der Waals surface area (Å²) in [6.45, 7) is 0. The van der Waals surface area contributed by atoms with E-state index in [1.807, 2.05) is 36.4 Å². The van der Waals surface area contributed by atoms with Crippen LogP contribution in [0.2, 0.25) is 0 Å². The average Bonchev–Trinajstić information content (AvgIpc) is 2.49. The molecule has 2 rings (SSSR count). The highest BCUT2D eigenvalue weighted by Gasteiger charge is 2.12. The second-order valence-corrected chi connectivity index (χ2v) is 5.05. The van der Waals surface area contributed by atoms with Crippen LogP contribution in [-0.4, -0.2) is 16.8 Å². The van der Waals surface area contributed by atoms with Gasteiger partial charge in [0.25, 0.3) is 0 Å². The monoisotopic (exact) mass is 288 g/mol. The van der Waals surface area contributed by atoms with Gasteiger partial charge in [-0.2, -0.15) is 0 Å². The van der Waals surface area contributed by atoms with Crippen molar-refractivity contribution in [2.45, 2.75) is 19.3 Å². The van der Waals surface area contributed by atoms with Crippen LogP contribution in [0.5, 0.6) is 5.75 Å². The number of carbonyl (C=O) groups is 1. The molecule has 3 heteroatoms. The highest BCUT2D eigenvalue weighted by molar-refractivity contribution is 6.17. The van der Waals surface area contributed by atoms with Crippen LogP contribution in [0.25, 0.3) is 11.1 Å². The molecule has 2 nitrogen and oxygen atoms in total. The maximum atomic E-state index is 12.1. The summed E-state index contributed by atoms with van der Waals surface area (Å²) >= 11 is 5.61. The topological polar surface area (TPSA) is 37.3 Å². The second-order valence-electron chi connectivity index (χ2n) is 4.67. The zero-order valence-electron chi connectivity index (χ0n) is 11.2. The fourth-order valence-corrected chi connectivity index (χ4v) is 2.27. The Labute approximate surface area is 124 Å². The molecule has 0 spiro atoms. The summed E-state index contributed by atoms with van der Waals surface area (Å²) in [5.74, 6) is 0.564. The SMILES string of the molecule is O=C(CCCCCl)c1cc(-c2ccccc2)ccc1O. The highest BCUT2D eigenvalue weighted by Crippen LogP contribution is 2.27. The van der Waals surface area contributed by atoms with Crippen molar-refractivity contribution < 1.29 is 9.90 Å². The quantitative estimate of drug-likeness (QED) is 0.477. The Morgan fingerprint density at radius 1 is 1.00 bits per heavy atom. The number of ketones is 1. The Balaban J connectivity index is 2.23. The first-order valence-electron chi connectivity index (χ1n) is 6.70. The third-order valence-corrected chi connectivity index (χ3v) is 3.46. The van der Waals surface area contributed by atoms with Crippen LogP contribution in [0, 0.1) is 0 Å². The first kappa shape index (κ1) is 14.6. The first-order valence-corrected chi connectivity index (χ1v) is 7.23. The van der Waals surface area contributed by atoms with Gasteiger partial charge in [-0.15, -0.1) is 11.6 Å². The van der Waals surface area contributed by atoms with E-state index in [9.17, 15) is 9.90 Å². The maximum Gasteiger partial charge on any atom is 0.166 e. The Morgan fingerprint density at radius 2 is 1.75 bits per heavy atom. The molecule has 0 bridgehead atoms.